The van der Waals surface area contributed by atoms with Gasteiger partial charge in [-0.05, 0) is 37.1 Å². The summed E-state index contributed by atoms with van der Waals surface area (Å²) < 4.78 is 28.3. The second-order valence-electron chi connectivity index (χ2n) is 4.59. The van der Waals surface area contributed by atoms with Crippen molar-refractivity contribution < 1.29 is 13.5 Å². The maximum atomic E-state index is 12.0. The Morgan fingerprint density at radius 2 is 1.78 bits per heavy atom. The average Bonchev–Trinajstić information content (AvgIpc) is 2.35. The van der Waals surface area contributed by atoms with Gasteiger partial charge >= 0.3 is 6.61 Å². The van der Waals surface area contributed by atoms with E-state index < -0.39 is 6.61 Å². The standard InChI is InChI=1S/C14H21F2NO/c1-4-10(2)9-17-11(3)12-5-7-13(8-6-12)18-14(15)16/h5-8,10-11,14,17H,4,9H2,1-3H3. The smallest absolute Gasteiger partial charge is 0.387 e. The largest absolute Gasteiger partial charge is 0.435 e. The molecule has 0 radical (unpaired) electrons. The molecule has 0 spiro atoms. The lowest BCUT2D eigenvalue weighted by Crippen LogP contribution is -2.24. The van der Waals surface area contributed by atoms with Crippen LogP contribution in [0.2, 0.25) is 0 Å². The van der Waals surface area contributed by atoms with Gasteiger partial charge in [0.25, 0.3) is 0 Å². The highest BCUT2D eigenvalue weighted by Gasteiger charge is 2.08. The number of benzene rings is 1. The highest BCUT2D eigenvalue weighted by molar-refractivity contribution is 5.28. The van der Waals surface area contributed by atoms with E-state index in [9.17, 15) is 8.78 Å². The molecule has 0 aromatic heterocycles. The maximum absolute atomic E-state index is 12.0. The first-order valence-corrected chi connectivity index (χ1v) is 6.31. The molecule has 1 rings (SSSR count). The van der Waals surface area contributed by atoms with Crippen molar-refractivity contribution in [2.24, 2.45) is 5.92 Å². The third-order valence-corrected chi connectivity index (χ3v) is 3.07. The fourth-order valence-corrected chi connectivity index (χ4v) is 1.58. The van der Waals surface area contributed by atoms with Crippen molar-refractivity contribution in [3.05, 3.63) is 29.8 Å². The van der Waals surface area contributed by atoms with Gasteiger partial charge in [0.2, 0.25) is 0 Å². The second-order valence-corrected chi connectivity index (χ2v) is 4.59. The Hall–Kier alpha value is -1.16. The predicted molar refractivity (Wildman–Crippen MR) is 68.9 cm³/mol. The monoisotopic (exact) mass is 257 g/mol. The minimum Gasteiger partial charge on any atom is -0.435 e. The van der Waals surface area contributed by atoms with Crippen LogP contribution in [0.5, 0.6) is 5.75 Å². The van der Waals surface area contributed by atoms with Gasteiger partial charge in [-0.1, -0.05) is 32.4 Å². The molecule has 0 aliphatic carbocycles. The molecule has 2 unspecified atom stereocenters. The van der Waals surface area contributed by atoms with Crippen LogP contribution in [-0.2, 0) is 0 Å². The molecule has 0 saturated carbocycles. The molecule has 1 aromatic rings. The van der Waals surface area contributed by atoms with E-state index in [1.807, 2.05) is 12.1 Å². The lowest BCUT2D eigenvalue weighted by molar-refractivity contribution is -0.0498. The van der Waals surface area contributed by atoms with Gasteiger partial charge in [0.1, 0.15) is 5.75 Å². The first-order valence-electron chi connectivity index (χ1n) is 6.31. The molecule has 0 aliphatic rings. The molecule has 1 N–H and O–H groups in total. The summed E-state index contributed by atoms with van der Waals surface area (Å²) in [6.45, 7) is 4.60. The SMILES string of the molecule is CCC(C)CNC(C)c1ccc(OC(F)F)cc1. The predicted octanol–water partition coefficient (Wildman–Crippen LogP) is 3.98. The summed E-state index contributed by atoms with van der Waals surface area (Å²) in [5, 5.41) is 3.42. The van der Waals surface area contributed by atoms with Gasteiger partial charge in [-0.3, -0.25) is 0 Å². The Kier molecular flexibility index (Phi) is 6.05. The summed E-state index contributed by atoms with van der Waals surface area (Å²) in [5.74, 6) is 0.830. The summed E-state index contributed by atoms with van der Waals surface area (Å²) in [6.07, 6.45) is 1.14. The molecule has 2 nitrogen and oxygen atoms in total. The van der Waals surface area contributed by atoms with Crippen LogP contribution in [0, 0.1) is 5.92 Å². The molecule has 0 aliphatic heterocycles. The van der Waals surface area contributed by atoms with E-state index in [0.717, 1.165) is 18.5 Å². The summed E-state index contributed by atoms with van der Waals surface area (Å²) in [5.41, 5.74) is 1.07. The topological polar surface area (TPSA) is 21.3 Å². The number of hydrogen-bond acceptors (Lipinski definition) is 2. The van der Waals surface area contributed by atoms with Crippen molar-refractivity contribution in [1.29, 1.82) is 0 Å². The lowest BCUT2D eigenvalue weighted by Gasteiger charge is -2.17. The molecule has 4 heteroatoms. The molecule has 0 heterocycles. The van der Waals surface area contributed by atoms with Crippen molar-refractivity contribution in [1.82, 2.24) is 5.32 Å². The van der Waals surface area contributed by atoms with E-state index in [1.54, 1.807) is 12.1 Å². The number of ether oxygens (including phenoxy) is 1. The Bertz CT molecular complexity index is 340. The van der Waals surface area contributed by atoms with Crippen LogP contribution >= 0.6 is 0 Å². The first-order chi connectivity index (χ1) is 8.52. The van der Waals surface area contributed by atoms with Crippen molar-refractivity contribution >= 4 is 0 Å². The van der Waals surface area contributed by atoms with E-state index in [4.69, 9.17) is 0 Å². The quantitative estimate of drug-likeness (QED) is 0.797. The van der Waals surface area contributed by atoms with Gasteiger partial charge in [0.05, 0.1) is 0 Å². The molecule has 0 fully saturated rings. The second kappa shape index (κ2) is 7.31. The van der Waals surface area contributed by atoms with Crippen LogP contribution in [-0.4, -0.2) is 13.2 Å². The average molecular weight is 257 g/mol. The molecule has 0 bridgehead atoms. The third kappa shape index (κ3) is 5.00. The van der Waals surface area contributed by atoms with Crippen LogP contribution in [0.1, 0.15) is 38.8 Å². The number of halogens is 2. The van der Waals surface area contributed by atoms with Crippen molar-refractivity contribution in [3.63, 3.8) is 0 Å². The van der Waals surface area contributed by atoms with Gasteiger partial charge in [-0.2, -0.15) is 8.78 Å². The maximum Gasteiger partial charge on any atom is 0.387 e. The summed E-state index contributed by atoms with van der Waals surface area (Å²) in [6, 6.07) is 6.98. The zero-order valence-electron chi connectivity index (χ0n) is 11.1. The summed E-state index contributed by atoms with van der Waals surface area (Å²) in [7, 11) is 0. The van der Waals surface area contributed by atoms with Crippen LogP contribution in [0.15, 0.2) is 24.3 Å². The van der Waals surface area contributed by atoms with Crippen LogP contribution in [0.4, 0.5) is 8.78 Å². The van der Waals surface area contributed by atoms with E-state index >= 15 is 0 Å². The van der Waals surface area contributed by atoms with Gasteiger partial charge in [0, 0.05) is 6.04 Å². The molecule has 2 atom stereocenters. The van der Waals surface area contributed by atoms with E-state index in [0.29, 0.717) is 5.92 Å². The zero-order valence-corrected chi connectivity index (χ0v) is 11.1. The fourth-order valence-electron chi connectivity index (χ4n) is 1.58. The van der Waals surface area contributed by atoms with Gasteiger partial charge in [0.15, 0.2) is 0 Å². The van der Waals surface area contributed by atoms with E-state index in [-0.39, 0.29) is 11.8 Å². The van der Waals surface area contributed by atoms with Gasteiger partial charge in [-0.25, -0.2) is 0 Å². The number of alkyl halides is 2. The van der Waals surface area contributed by atoms with Gasteiger partial charge in [-0.15, -0.1) is 0 Å². The number of rotatable bonds is 7. The van der Waals surface area contributed by atoms with E-state index in [2.05, 4.69) is 30.8 Å². The zero-order chi connectivity index (χ0) is 13.5. The fraction of sp³-hybridized carbons (Fsp3) is 0.571. The van der Waals surface area contributed by atoms with Crippen molar-refractivity contribution in [3.8, 4) is 5.75 Å². The highest BCUT2D eigenvalue weighted by atomic mass is 19.3. The first kappa shape index (κ1) is 14.9. The molecule has 18 heavy (non-hydrogen) atoms. The Balaban J connectivity index is 2.50. The number of hydrogen-bond donors (Lipinski definition) is 1. The highest BCUT2D eigenvalue weighted by Crippen LogP contribution is 2.19. The summed E-state index contributed by atoms with van der Waals surface area (Å²) in [4.78, 5) is 0. The van der Waals surface area contributed by atoms with Crippen LogP contribution in [0.3, 0.4) is 0 Å². The third-order valence-electron chi connectivity index (χ3n) is 3.07. The molecule has 0 amide bonds. The Labute approximate surface area is 107 Å². The number of nitrogens with one attached hydrogen (secondary N) is 1. The van der Waals surface area contributed by atoms with Crippen molar-refractivity contribution in [2.75, 3.05) is 6.54 Å². The van der Waals surface area contributed by atoms with Crippen molar-refractivity contribution in [2.45, 2.75) is 39.8 Å². The Morgan fingerprint density at radius 1 is 1.17 bits per heavy atom. The molecule has 0 saturated heterocycles. The van der Waals surface area contributed by atoms with Gasteiger partial charge < -0.3 is 10.1 Å². The minimum absolute atomic E-state index is 0.197. The molecule has 102 valence electrons. The molecule has 1 aromatic carbocycles. The minimum atomic E-state index is -2.77. The van der Waals surface area contributed by atoms with Crippen LogP contribution < -0.4 is 10.1 Å². The molecular formula is C14H21F2NO. The lowest BCUT2D eigenvalue weighted by atomic mass is 10.1. The van der Waals surface area contributed by atoms with E-state index in [1.165, 1.54) is 0 Å². The normalized spacial score (nSPS) is 14.6. The summed E-state index contributed by atoms with van der Waals surface area (Å²) >= 11 is 0. The molecular weight excluding hydrogens is 236 g/mol. The Morgan fingerprint density at radius 3 is 2.28 bits per heavy atom. The van der Waals surface area contributed by atoms with Crippen LogP contribution in [0.25, 0.3) is 0 Å².